The SMILES string of the molecule is C[C@@H]1C(CO)O[C@@H](O)C([NH-])[C@H]1O. The Labute approximate surface area is 70.8 Å². The van der Waals surface area contributed by atoms with Gasteiger partial charge in [0.25, 0.3) is 0 Å². The molecule has 12 heavy (non-hydrogen) atoms. The second-order valence-corrected chi connectivity index (χ2v) is 3.12. The Morgan fingerprint density at radius 1 is 1.42 bits per heavy atom. The van der Waals surface area contributed by atoms with Crippen LogP contribution >= 0.6 is 0 Å². The maximum Gasteiger partial charge on any atom is 0.141 e. The maximum atomic E-state index is 9.38. The summed E-state index contributed by atoms with van der Waals surface area (Å²) in [6, 6.07) is -1.04. The number of aliphatic hydroxyl groups excluding tert-OH is 3. The van der Waals surface area contributed by atoms with E-state index in [4.69, 9.17) is 20.7 Å². The van der Waals surface area contributed by atoms with Crippen molar-refractivity contribution in [2.75, 3.05) is 6.61 Å². The van der Waals surface area contributed by atoms with Crippen molar-refractivity contribution in [2.24, 2.45) is 5.92 Å². The minimum Gasteiger partial charge on any atom is -0.668 e. The summed E-state index contributed by atoms with van der Waals surface area (Å²) in [5.74, 6) is -0.319. The van der Waals surface area contributed by atoms with Crippen LogP contribution in [-0.4, -0.2) is 46.5 Å². The lowest BCUT2D eigenvalue weighted by atomic mass is 9.90. The molecule has 5 nitrogen and oxygen atoms in total. The molecular weight excluding hydrogens is 162 g/mol. The fourth-order valence-electron chi connectivity index (χ4n) is 1.31. The first-order valence-electron chi connectivity index (χ1n) is 3.91. The second-order valence-electron chi connectivity index (χ2n) is 3.12. The molecule has 1 aliphatic rings. The zero-order valence-corrected chi connectivity index (χ0v) is 6.84. The molecule has 1 saturated heterocycles. The van der Waals surface area contributed by atoms with Crippen LogP contribution in [0.3, 0.4) is 0 Å². The molecule has 0 bridgehead atoms. The summed E-state index contributed by atoms with van der Waals surface area (Å²) < 4.78 is 4.89. The molecule has 0 aliphatic carbocycles. The van der Waals surface area contributed by atoms with E-state index in [0.717, 1.165) is 0 Å². The fourth-order valence-corrected chi connectivity index (χ4v) is 1.31. The Hall–Kier alpha value is -0.200. The van der Waals surface area contributed by atoms with Gasteiger partial charge in [-0.1, -0.05) is 13.0 Å². The monoisotopic (exact) mass is 176 g/mol. The van der Waals surface area contributed by atoms with Crippen molar-refractivity contribution >= 4 is 0 Å². The van der Waals surface area contributed by atoms with Crippen LogP contribution in [0.4, 0.5) is 0 Å². The highest BCUT2D eigenvalue weighted by Gasteiger charge is 2.35. The van der Waals surface area contributed by atoms with Gasteiger partial charge in [0.05, 0.1) is 12.7 Å². The van der Waals surface area contributed by atoms with Gasteiger partial charge in [0.2, 0.25) is 0 Å². The average Bonchev–Trinajstić information content (AvgIpc) is 2.08. The molecule has 1 aliphatic heterocycles. The number of nitrogens with one attached hydrogen (secondary N) is 1. The van der Waals surface area contributed by atoms with Gasteiger partial charge in [-0.3, -0.25) is 0 Å². The van der Waals surface area contributed by atoms with Crippen LogP contribution in [0.15, 0.2) is 0 Å². The molecule has 72 valence electrons. The summed E-state index contributed by atoms with van der Waals surface area (Å²) in [6.45, 7) is 1.43. The molecule has 0 aromatic heterocycles. The highest BCUT2D eigenvalue weighted by atomic mass is 16.6. The first kappa shape index (κ1) is 9.88. The fraction of sp³-hybridized carbons (Fsp3) is 1.00. The standard InChI is InChI=1S/C7H14NO4/c1-3-4(2-9)12-7(11)5(8)6(3)10/h3-11H,2H2,1H3/q-1/t3-,4?,5?,6+,7-/m1/s1. The molecule has 0 radical (unpaired) electrons. The summed E-state index contributed by atoms with van der Waals surface area (Å²) in [7, 11) is 0. The van der Waals surface area contributed by atoms with Crippen LogP contribution in [0.2, 0.25) is 0 Å². The van der Waals surface area contributed by atoms with E-state index in [1.807, 2.05) is 0 Å². The highest BCUT2D eigenvalue weighted by molar-refractivity contribution is 4.94. The molecule has 0 saturated carbocycles. The first-order valence-corrected chi connectivity index (χ1v) is 3.91. The highest BCUT2D eigenvalue weighted by Crippen LogP contribution is 2.25. The van der Waals surface area contributed by atoms with E-state index in [-0.39, 0.29) is 12.5 Å². The average molecular weight is 176 g/mol. The number of hydrogen-bond donors (Lipinski definition) is 3. The van der Waals surface area contributed by atoms with Gasteiger partial charge in [-0.05, 0) is 0 Å². The molecule has 5 heteroatoms. The summed E-state index contributed by atoms with van der Waals surface area (Å²) in [4.78, 5) is 0. The predicted molar refractivity (Wildman–Crippen MR) is 41.2 cm³/mol. The van der Waals surface area contributed by atoms with Gasteiger partial charge < -0.3 is 25.8 Å². The van der Waals surface area contributed by atoms with Crippen LogP contribution in [0.1, 0.15) is 6.92 Å². The Balaban J connectivity index is 2.63. The molecule has 0 aromatic carbocycles. The van der Waals surface area contributed by atoms with E-state index < -0.39 is 24.5 Å². The Kier molecular flexibility index (Phi) is 3.03. The van der Waals surface area contributed by atoms with Crippen molar-refractivity contribution in [1.82, 2.24) is 0 Å². The quantitative estimate of drug-likeness (QED) is 0.483. The number of aliphatic hydroxyl groups is 3. The van der Waals surface area contributed by atoms with Gasteiger partial charge in [0.1, 0.15) is 6.29 Å². The van der Waals surface area contributed by atoms with E-state index in [0.29, 0.717) is 0 Å². The molecular formula is C7H14NO4-. The van der Waals surface area contributed by atoms with Crippen LogP contribution in [0, 0.1) is 5.92 Å². The van der Waals surface area contributed by atoms with E-state index in [2.05, 4.69) is 0 Å². The summed E-state index contributed by atoms with van der Waals surface area (Å²) in [5.41, 5.74) is 7.27. The summed E-state index contributed by atoms with van der Waals surface area (Å²) in [6.07, 6.45) is -2.81. The zero-order chi connectivity index (χ0) is 9.30. The summed E-state index contributed by atoms with van der Waals surface area (Å²) in [5, 5.41) is 27.2. The Morgan fingerprint density at radius 2 is 2.00 bits per heavy atom. The zero-order valence-electron chi connectivity index (χ0n) is 6.84. The molecule has 1 fully saturated rings. The largest absolute Gasteiger partial charge is 0.668 e. The lowest BCUT2D eigenvalue weighted by Crippen LogP contribution is -2.52. The number of rotatable bonds is 1. The van der Waals surface area contributed by atoms with Crippen molar-refractivity contribution in [3.05, 3.63) is 5.73 Å². The van der Waals surface area contributed by atoms with Crippen molar-refractivity contribution in [2.45, 2.75) is 31.5 Å². The van der Waals surface area contributed by atoms with Gasteiger partial charge in [0.15, 0.2) is 0 Å². The predicted octanol–water partition coefficient (Wildman–Crippen LogP) is -0.886. The normalized spacial score (nSPS) is 49.2. The molecule has 0 aromatic rings. The third-order valence-electron chi connectivity index (χ3n) is 2.29. The lowest BCUT2D eigenvalue weighted by molar-refractivity contribution is -0.222. The lowest BCUT2D eigenvalue weighted by Gasteiger charge is -2.43. The second kappa shape index (κ2) is 3.68. The van der Waals surface area contributed by atoms with Crippen LogP contribution in [-0.2, 0) is 4.74 Å². The van der Waals surface area contributed by atoms with Gasteiger partial charge in [-0.15, -0.1) is 0 Å². The van der Waals surface area contributed by atoms with Crippen molar-refractivity contribution in [3.8, 4) is 0 Å². The van der Waals surface area contributed by atoms with Crippen LogP contribution in [0.25, 0.3) is 5.73 Å². The molecule has 5 atom stereocenters. The molecule has 0 spiro atoms. The van der Waals surface area contributed by atoms with Gasteiger partial charge in [-0.2, -0.15) is 0 Å². The van der Waals surface area contributed by atoms with E-state index in [9.17, 15) is 5.11 Å². The van der Waals surface area contributed by atoms with Crippen molar-refractivity contribution < 1.29 is 20.1 Å². The molecule has 4 N–H and O–H groups in total. The van der Waals surface area contributed by atoms with E-state index >= 15 is 0 Å². The third kappa shape index (κ3) is 1.60. The Bertz CT molecular complexity index is 150. The maximum absolute atomic E-state index is 9.38. The van der Waals surface area contributed by atoms with Crippen molar-refractivity contribution in [1.29, 1.82) is 0 Å². The number of ether oxygens (including phenoxy) is 1. The smallest absolute Gasteiger partial charge is 0.141 e. The number of hydrogen-bond acceptors (Lipinski definition) is 4. The van der Waals surface area contributed by atoms with Gasteiger partial charge >= 0.3 is 0 Å². The third-order valence-corrected chi connectivity index (χ3v) is 2.29. The van der Waals surface area contributed by atoms with Crippen molar-refractivity contribution in [3.63, 3.8) is 0 Å². The minimum absolute atomic E-state index is 0.248. The molecule has 0 amide bonds. The molecule has 1 heterocycles. The topological polar surface area (TPSA) is 93.7 Å². The van der Waals surface area contributed by atoms with E-state index in [1.54, 1.807) is 6.92 Å². The molecule has 1 rings (SSSR count). The molecule has 2 unspecified atom stereocenters. The Morgan fingerprint density at radius 3 is 2.50 bits per heavy atom. The van der Waals surface area contributed by atoms with Crippen LogP contribution < -0.4 is 0 Å². The van der Waals surface area contributed by atoms with Gasteiger partial charge in [-0.25, -0.2) is 0 Å². The minimum atomic E-state index is -1.30. The van der Waals surface area contributed by atoms with Crippen LogP contribution in [0.5, 0.6) is 0 Å². The van der Waals surface area contributed by atoms with E-state index in [1.165, 1.54) is 0 Å². The summed E-state index contributed by atoms with van der Waals surface area (Å²) >= 11 is 0. The van der Waals surface area contributed by atoms with Gasteiger partial charge in [0, 0.05) is 12.0 Å². The first-order chi connectivity index (χ1) is 5.57.